The Morgan fingerprint density at radius 2 is 1.60 bits per heavy atom. The molecule has 2 atom stereocenters. The molecular formula is C28H47N3O4. The van der Waals surface area contributed by atoms with Crippen molar-refractivity contribution in [1.29, 1.82) is 0 Å². The number of hydrogen-bond donors (Lipinski definition) is 2. The summed E-state index contributed by atoms with van der Waals surface area (Å²) in [6.45, 7) is 19.3. The van der Waals surface area contributed by atoms with Gasteiger partial charge in [0.25, 0.3) is 0 Å². The molecule has 0 saturated carbocycles. The smallest absolute Gasteiger partial charge is 0.408 e. The van der Waals surface area contributed by atoms with Crippen LogP contribution in [0.1, 0.15) is 104 Å². The summed E-state index contributed by atoms with van der Waals surface area (Å²) in [4.78, 5) is 41.3. The summed E-state index contributed by atoms with van der Waals surface area (Å²) < 4.78 is 5.34. The van der Waals surface area contributed by atoms with Crippen LogP contribution in [0.15, 0.2) is 18.2 Å². The predicted molar refractivity (Wildman–Crippen MR) is 141 cm³/mol. The first-order chi connectivity index (χ1) is 16.1. The van der Waals surface area contributed by atoms with E-state index in [2.05, 4.69) is 17.6 Å². The van der Waals surface area contributed by atoms with E-state index in [9.17, 15) is 14.4 Å². The largest absolute Gasteiger partial charge is 0.444 e. The van der Waals surface area contributed by atoms with Crippen molar-refractivity contribution in [3.8, 4) is 0 Å². The van der Waals surface area contributed by atoms with Gasteiger partial charge < -0.3 is 20.3 Å². The van der Waals surface area contributed by atoms with Crippen molar-refractivity contribution in [1.82, 2.24) is 15.5 Å². The van der Waals surface area contributed by atoms with Crippen molar-refractivity contribution in [2.45, 2.75) is 118 Å². The van der Waals surface area contributed by atoms with Gasteiger partial charge in [0.1, 0.15) is 17.7 Å². The fraction of sp³-hybridized carbons (Fsp3) is 0.679. The van der Waals surface area contributed by atoms with Crippen LogP contribution in [-0.2, 0) is 14.3 Å². The van der Waals surface area contributed by atoms with Gasteiger partial charge in [-0.2, -0.15) is 0 Å². The van der Waals surface area contributed by atoms with Crippen LogP contribution in [0.5, 0.6) is 0 Å². The molecule has 0 aliphatic carbocycles. The highest BCUT2D eigenvalue weighted by Crippen LogP contribution is 2.26. The maximum atomic E-state index is 13.7. The van der Waals surface area contributed by atoms with E-state index in [4.69, 9.17) is 4.74 Å². The maximum absolute atomic E-state index is 13.7. The number of nitrogens with zero attached hydrogens (tertiary/aromatic N) is 1. The lowest BCUT2D eigenvalue weighted by Gasteiger charge is -2.35. The molecule has 1 aromatic carbocycles. The molecule has 35 heavy (non-hydrogen) atoms. The number of ether oxygens (including phenoxy) is 1. The average Bonchev–Trinajstić information content (AvgIpc) is 2.69. The van der Waals surface area contributed by atoms with Gasteiger partial charge in [-0.05, 0) is 85.4 Å². The fourth-order valence-electron chi connectivity index (χ4n) is 3.72. The predicted octanol–water partition coefficient (Wildman–Crippen LogP) is 5.58. The maximum Gasteiger partial charge on any atom is 0.408 e. The number of alkyl carbamates (subject to hydrolysis) is 1. The van der Waals surface area contributed by atoms with Crippen molar-refractivity contribution >= 4 is 17.9 Å². The van der Waals surface area contributed by atoms with Gasteiger partial charge in [-0.15, -0.1) is 0 Å². The molecule has 3 amide bonds. The minimum atomic E-state index is -0.854. The third-order valence-corrected chi connectivity index (χ3v) is 5.54. The number of aryl methyl sites for hydroxylation is 2. The molecular weight excluding hydrogens is 442 g/mol. The zero-order valence-corrected chi connectivity index (χ0v) is 23.5. The van der Waals surface area contributed by atoms with E-state index in [0.717, 1.165) is 42.4 Å². The Morgan fingerprint density at radius 1 is 0.971 bits per heavy atom. The Labute approximate surface area is 212 Å². The van der Waals surface area contributed by atoms with Crippen LogP contribution < -0.4 is 10.6 Å². The molecule has 0 saturated heterocycles. The standard InChI is InChI=1S/C28H47N3O4/c1-11-12-13-14-17-31(25(33)21(4)29-26(34)35-28(8,9)10)23(24(32)30-27(5,6)7)22-16-15-19(2)20(3)18-22/h15-16,18,21,23H,11-14,17H2,1-10H3,(H,29,34)(H,30,32). The molecule has 0 aliphatic heterocycles. The number of unbranched alkanes of at least 4 members (excludes halogenated alkanes) is 3. The number of carbonyl (C=O) groups excluding carboxylic acids is 3. The van der Waals surface area contributed by atoms with Crippen LogP contribution in [0, 0.1) is 13.8 Å². The second-order valence-corrected chi connectivity index (χ2v) is 11.4. The van der Waals surface area contributed by atoms with Gasteiger partial charge in [0.05, 0.1) is 0 Å². The number of amides is 3. The van der Waals surface area contributed by atoms with Crippen LogP contribution in [0.4, 0.5) is 4.79 Å². The zero-order chi connectivity index (χ0) is 27.0. The lowest BCUT2D eigenvalue weighted by atomic mass is 9.97. The van der Waals surface area contributed by atoms with E-state index in [1.807, 2.05) is 52.8 Å². The molecule has 2 N–H and O–H groups in total. The van der Waals surface area contributed by atoms with Crippen molar-refractivity contribution in [3.05, 3.63) is 34.9 Å². The van der Waals surface area contributed by atoms with Gasteiger partial charge in [-0.25, -0.2) is 4.79 Å². The number of hydrogen-bond acceptors (Lipinski definition) is 4. The fourth-order valence-corrected chi connectivity index (χ4v) is 3.72. The first-order valence-electron chi connectivity index (χ1n) is 12.7. The van der Waals surface area contributed by atoms with Crippen molar-refractivity contribution < 1.29 is 19.1 Å². The Morgan fingerprint density at radius 3 is 2.11 bits per heavy atom. The number of carbonyl (C=O) groups is 3. The van der Waals surface area contributed by atoms with E-state index < -0.39 is 29.3 Å². The molecule has 1 rings (SSSR count). The van der Waals surface area contributed by atoms with Crippen molar-refractivity contribution in [2.24, 2.45) is 0 Å². The van der Waals surface area contributed by atoms with Crippen molar-refractivity contribution in [2.75, 3.05) is 6.54 Å². The number of rotatable bonds is 10. The van der Waals surface area contributed by atoms with Gasteiger partial charge in [0.15, 0.2) is 0 Å². The van der Waals surface area contributed by atoms with Gasteiger partial charge in [-0.1, -0.05) is 44.4 Å². The molecule has 7 nitrogen and oxygen atoms in total. The molecule has 0 fully saturated rings. The van der Waals surface area contributed by atoms with E-state index >= 15 is 0 Å². The molecule has 0 aromatic heterocycles. The quantitative estimate of drug-likeness (QED) is 0.420. The summed E-state index contributed by atoms with van der Waals surface area (Å²) in [6, 6.07) is 4.19. The van der Waals surface area contributed by atoms with E-state index in [0.29, 0.717) is 6.54 Å². The molecule has 2 unspecified atom stereocenters. The summed E-state index contributed by atoms with van der Waals surface area (Å²) in [6.07, 6.45) is 3.18. The monoisotopic (exact) mass is 489 g/mol. The minimum absolute atomic E-state index is 0.242. The molecule has 0 heterocycles. The van der Waals surface area contributed by atoms with Crippen LogP contribution in [-0.4, -0.2) is 46.5 Å². The summed E-state index contributed by atoms with van der Waals surface area (Å²) in [5.41, 5.74) is 1.77. The highest BCUT2D eigenvalue weighted by atomic mass is 16.6. The number of nitrogens with one attached hydrogen (secondary N) is 2. The Kier molecular flexibility index (Phi) is 11.3. The van der Waals surface area contributed by atoms with Gasteiger partial charge in [0.2, 0.25) is 11.8 Å². The van der Waals surface area contributed by atoms with E-state index in [1.165, 1.54) is 0 Å². The molecule has 198 valence electrons. The van der Waals surface area contributed by atoms with Crippen LogP contribution in [0.3, 0.4) is 0 Å². The second-order valence-electron chi connectivity index (χ2n) is 11.4. The Hall–Kier alpha value is -2.57. The zero-order valence-electron chi connectivity index (χ0n) is 23.5. The molecule has 0 radical (unpaired) electrons. The lowest BCUT2D eigenvalue weighted by molar-refractivity contribution is -0.142. The van der Waals surface area contributed by atoms with Gasteiger partial charge >= 0.3 is 6.09 Å². The van der Waals surface area contributed by atoms with E-state index in [1.54, 1.807) is 32.6 Å². The Bertz CT molecular complexity index is 868. The third kappa shape index (κ3) is 10.7. The second kappa shape index (κ2) is 12.9. The SMILES string of the molecule is CCCCCCN(C(=O)C(C)NC(=O)OC(C)(C)C)C(C(=O)NC(C)(C)C)c1ccc(C)c(C)c1. The molecule has 0 aliphatic rings. The lowest BCUT2D eigenvalue weighted by Crippen LogP contribution is -2.54. The first-order valence-corrected chi connectivity index (χ1v) is 12.7. The van der Waals surface area contributed by atoms with Gasteiger partial charge in [0, 0.05) is 12.1 Å². The summed E-state index contributed by atoms with van der Waals surface area (Å²) >= 11 is 0. The van der Waals surface area contributed by atoms with Crippen molar-refractivity contribution in [3.63, 3.8) is 0 Å². The Balaban J connectivity index is 3.39. The van der Waals surface area contributed by atoms with Gasteiger partial charge in [-0.3, -0.25) is 9.59 Å². The average molecular weight is 490 g/mol. The first kappa shape index (κ1) is 30.5. The summed E-state index contributed by atoms with van der Waals surface area (Å²) in [5, 5.41) is 5.70. The highest BCUT2D eigenvalue weighted by molar-refractivity contribution is 5.92. The highest BCUT2D eigenvalue weighted by Gasteiger charge is 2.35. The van der Waals surface area contributed by atoms with Crippen LogP contribution >= 0.6 is 0 Å². The summed E-state index contributed by atoms with van der Waals surface area (Å²) in [7, 11) is 0. The van der Waals surface area contributed by atoms with Crippen LogP contribution in [0.25, 0.3) is 0 Å². The minimum Gasteiger partial charge on any atom is -0.444 e. The molecule has 1 aromatic rings. The molecule has 7 heteroatoms. The normalized spacial score (nSPS) is 13.5. The summed E-state index contributed by atoms with van der Waals surface area (Å²) in [5.74, 6) is -0.561. The molecule has 0 bridgehead atoms. The van der Waals surface area contributed by atoms with E-state index in [-0.39, 0.29) is 11.8 Å². The molecule has 0 spiro atoms. The number of benzene rings is 1. The topological polar surface area (TPSA) is 87.7 Å². The van der Waals surface area contributed by atoms with Crippen LogP contribution in [0.2, 0.25) is 0 Å². The third-order valence-electron chi connectivity index (χ3n) is 5.54.